The summed E-state index contributed by atoms with van der Waals surface area (Å²) < 4.78 is 2.06. The molecule has 1 saturated heterocycles. The number of nitrogens with one attached hydrogen (secondary N) is 2. The van der Waals surface area contributed by atoms with E-state index in [-0.39, 0.29) is 24.0 Å². The smallest absolute Gasteiger partial charge is 0.225 e. The number of guanidine groups is 1. The lowest BCUT2D eigenvalue weighted by atomic mass is 10.1. The van der Waals surface area contributed by atoms with Crippen molar-refractivity contribution in [1.82, 2.24) is 35.2 Å². The molecule has 1 saturated carbocycles. The molecule has 0 radical (unpaired) electrons. The van der Waals surface area contributed by atoms with Crippen molar-refractivity contribution in [2.45, 2.75) is 45.6 Å². The summed E-state index contributed by atoms with van der Waals surface area (Å²) in [6.07, 6.45) is 7.27. The SMILES string of the molecule is CCc1nncn1CCNC(=NC)NCCN1CCN(C(=O)C2CCCC2)CC1.I. The van der Waals surface area contributed by atoms with Crippen molar-refractivity contribution in [2.75, 3.05) is 52.9 Å². The predicted octanol–water partition coefficient (Wildman–Crippen LogP) is 0.958. The van der Waals surface area contributed by atoms with Gasteiger partial charge in [0.15, 0.2) is 5.96 Å². The number of piperazine rings is 1. The first-order chi connectivity index (χ1) is 14.2. The van der Waals surface area contributed by atoms with Crippen molar-refractivity contribution < 1.29 is 4.79 Å². The molecule has 0 atom stereocenters. The molecule has 0 bridgehead atoms. The standard InChI is InChI=1S/C20H36N8O.HI/c1-3-18-25-24-16-28(18)11-9-23-20(21-2)22-8-10-26-12-14-27(15-13-26)19(29)17-6-4-5-7-17;/h16-17H,3-15H2,1-2H3,(H2,21,22,23);1H. The molecular weight excluding hydrogens is 495 g/mol. The van der Waals surface area contributed by atoms with Crippen LogP contribution in [0.3, 0.4) is 0 Å². The zero-order valence-corrected chi connectivity index (χ0v) is 20.7. The minimum absolute atomic E-state index is 0. The molecule has 3 rings (SSSR count). The maximum Gasteiger partial charge on any atom is 0.225 e. The zero-order valence-electron chi connectivity index (χ0n) is 18.3. The van der Waals surface area contributed by atoms with Gasteiger partial charge in [0.2, 0.25) is 5.91 Å². The van der Waals surface area contributed by atoms with Crippen molar-refractivity contribution in [2.24, 2.45) is 10.9 Å². The molecule has 30 heavy (non-hydrogen) atoms. The molecule has 1 aromatic heterocycles. The molecule has 9 nitrogen and oxygen atoms in total. The molecule has 0 spiro atoms. The first-order valence-electron chi connectivity index (χ1n) is 11.0. The Balaban J connectivity index is 0.00000320. The summed E-state index contributed by atoms with van der Waals surface area (Å²) >= 11 is 0. The Hall–Kier alpha value is -1.43. The van der Waals surface area contributed by atoms with E-state index in [9.17, 15) is 4.79 Å². The number of hydrogen-bond donors (Lipinski definition) is 2. The number of aliphatic imine (C=N–C) groups is 1. The maximum atomic E-state index is 12.5. The van der Waals surface area contributed by atoms with Gasteiger partial charge in [-0.1, -0.05) is 19.8 Å². The van der Waals surface area contributed by atoms with E-state index in [1.807, 2.05) is 0 Å². The number of hydrogen-bond acceptors (Lipinski definition) is 5. The third-order valence-corrected chi connectivity index (χ3v) is 5.99. The van der Waals surface area contributed by atoms with E-state index in [0.29, 0.717) is 11.8 Å². The molecule has 0 unspecified atom stereocenters. The average Bonchev–Trinajstić information content (AvgIpc) is 3.44. The minimum Gasteiger partial charge on any atom is -0.355 e. The summed E-state index contributed by atoms with van der Waals surface area (Å²) in [6, 6.07) is 0. The van der Waals surface area contributed by atoms with E-state index in [2.05, 4.69) is 47.1 Å². The fourth-order valence-corrected chi connectivity index (χ4v) is 4.21. The molecule has 2 fully saturated rings. The molecule has 10 heteroatoms. The molecule has 1 aliphatic heterocycles. The summed E-state index contributed by atoms with van der Waals surface area (Å²) in [5, 5.41) is 14.8. The first-order valence-corrected chi connectivity index (χ1v) is 11.0. The topological polar surface area (TPSA) is 90.7 Å². The highest BCUT2D eigenvalue weighted by molar-refractivity contribution is 14.0. The number of halogens is 1. The van der Waals surface area contributed by atoms with Gasteiger partial charge < -0.3 is 20.1 Å². The quantitative estimate of drug-likeness (QED) is 0.295. The van der Waals surface area contributed by atoms with Gasteiger partial charge in [0.05, 0.1) is 0 Å². The molecule has 0 aromatic carbocycles. The van der Waals surface area contributed by atoms with E-state index in [0.717, 1.165) is 83.4 Å². The highest BCUT2D eigenvalue weighted by atomic mass is 127. The number of carbonyl (C=O) groups is 1. The van der Waals surface area contributed by atoms with Crippen LogP contribution in [0, 0.1) is 5.92 Å². The highest BCUT2D eigenvalue weighted by Gasteiger charge is 2.29. The van der Waals surface area contributed by atoms with Gasteiger partial charge in [-0.2, -0.15) is 0 Å². The van der Waals surface area contributed by atoms with E-state index >= 15 is 0 Å². The van der Waals surface area contributed by atoms with Crippen LogP contribution in [-0.2, 0) is 17.8 Å². The van der Waals surface area contributed by atoms with Crippen LogP contribution in [0.2, 0.25) is 0 Å². The second kappa shape index (κ2) is 13.1. The second-order valence-electron chi connectivity index (χ2n) is 7.87. The monoisotopic (exact) mass is 532 g/mol. The van der Waals surface area contributed by atoms with Crippen molar-refractivity contribution in [3.05, 3.63) is 12.2 Å². The molecule has 1 amide bonds. The summed E-state index contributed by atoms with van der Waals surface area (Å²) in [7, 11) is 1.79. The van der Waals surface area contributed by atoms with Gasteiger partial charge in [-0.25, -0.2) is 0 Å². The Kier molecular flexibility index (Phi) is 10.8. The van der Waals surface area contributed by atoms with Crippen LogP contribution in [0.5, 0.6) is 0 Å². The number of amides is 1. The van der Waals surface area contributed by atoms with Gasteiger partial charge >= 0.3 is 0 Å². The Morgan fingerprint density at radius 2 is 1.80 bits per heavy atom. The number of carbonyl (C=O) groups excluding carboxylic acids is 1. The third-order valence-electron chi connectivity index (χ3n) is 5.99. The average molecular weight is 532 g/mol. The Morgan fingerprint density at radius 1 is 1.13 bits per heavy atom. The van der Waals surface area contributed by atoms with Gasteiger partial charge in [-0.05, 0) is 12.8 Å². The zero-order chi connectivity index (χ0) is 20.5. The van der Waals surface area contributed by atoms with Crippen molar-refractivity contribution in [3.63, 3.8) is 0 Å². The van der Waals surface area contributed by atoms with Crippen LogP contribution in [0.25, 0.3) is 0 Å². The van der Waals surface area contributed by atoms with Gasteiger partial charge in [-0.15, -0.1) is 34.2 Å². The van der Waals surface area contributed by atoms with Crippen LogP contribution in [0.1, 0.15) is 38.4 Å². The van der Waals surface area contributed by atoms with E-state index in [4.69, 9.17) is 0 Å². The van der Waals surface area contributed by atoms with Gasteiger partial charge in [0.25, 0.3) is 0 Å². The molecule has 1 aliphatic carbocycles. The van der Waals surface area contributed by atoms with Crippen LogP contribution < -0.4 is 10.6 Å². The third kappa shape index (κ3) is 7.07. The summed E-state index contributed by atoms with van der Waals surface area (Å²) in [5.74, 6) is 2.50. The minimum atomic E-state index is 0. The van der Waals surface area contributed by atoms with E-state index in [1.54, 1.807) is 13.4 Å². The fraction of sp³-hybridized carbons (Fsp3) is 0.800. The van der Waals surface area contributed by atoms with Crippen molar-refractivity contribution >= 4 is 35.8 Å². The van der Waals surface area contributed by atoms with E-state index < -0.39 is 0 Å². The molecule has 2 N–H and O–H groups in total. The highest BCUT2D eigenvalue weighted by Crippen LogP contribution is 2.26. The summed E-state index contributed by atoms with van der Waals surface area (Å²) in [4.78, 5) is 21.3. The summed E-state index contributed by atoms with van der Waals surface area (Å²) in [5.41, 5.74) is 0. The Bertz CT molecular complexity index is 666. The predicted molar refractivity (Wildman–Crippen MR) is 129 cm³/mol. The maximum absolute atomic E-state index is 12.5. The lowest BCUT2D eigenvalue weighted by Gasteiger charge is -2.36. The van der Waals surface area contributed by atoms with Gasteiger partial charge in [-0.3, -0.25) is 14.7 Å². The van der Waals surface area contributed by atoms with Crippen LogP contribution >= 0.6 is 24.0 Å². The molecule has 1 aromatic rings. The Labute approximate surface area is 197 Å². The van der Waals surface area contributed by atoms with E-state index in [1.165, 1.54) is 12.8 Å². The lowest BCUT2D eigenvalue weighted by Crippen LogP contribution is -2.52. The second-order valence-corrected chi connectivity index (χ2v) is 7.87. The normalized spacial score (nSPS) is 18.3. The first kappa shape index (κ1) is 24.8. The van der Waals surface area contributed by atoms with Crippen LogP contribution in [0.15, 0.2) is 11.3 Å². The summed E-state index contributed by atoms with van der Waals surface area (Å²) in [6.45, 7) is 9.10. The van der Waals surface area contributed by atoms with Gasteiger partial charge in [0, 0.05) is 71.7 Å². The largest absolute Gasteiger partial charge is 0.355 e. The van der Waals surface area contributed by atoms with Crippen LogP contribution in [-0.4, -0.2) is 89.3 Å². The number of rotatable bonds is 8. The number of aryl methyl sites for hydroxylation is 1. The molecule has 170 valence electrons. The molecule has 2 heterocycles. The fourth-order valence-electron chi connectivity index (χ4n) is 4.21. The lowest BCUT2D eigenvalue weighted by molar-refractivity contribution is -0.137. The van der Waals surface area contributed by atoms with Crippen molar-refractivity contribution in [1.29, 1.82) is 0 Å². The number of aromatic nitrogens is 3. The molecular formula is C20H37IN8O. The number of nitrogens with zero attached hydrogens (tertiary/aromatic N) is 6. The Morgan fingerprint density at radius 3 is 2.43 bits per heavy atom. The van der Waals surface area contributed by atoms with Crippen molar-refractivity contribution in [3.8, 4) is 0 Å². The van der Waals surface area contributed by atoms with Crippen LogP contribution in [0.4, 0.5) is 0 Å². The van der Waals surface area contributed by atoms with Gasteiger partial charge in [0.1, 0.15) is 12.2 Å². The molecule has 2 aliphatic rings.